The summed E-state index contributed by atoms with van der Waals surface area (Å²) in [6, 6.07) is 7.76. The molecule has 0 amide bonds. The molecule has 0 aliphatic carbocycles. The number of hydrogen-bond acceptors (Lipinski definition) is 4. The van der Waals surface area contributed by atoms with Gasteiger partial charge in [0, 0.05) is 68.5 Å². The summed E-state index contributed by atoms with van der Waals surface area (Å²) in [5, 5.41) is 0.778. The molecule has 2 heterocycles. The SMILES string of the molecule is CCCOCCN1CCN(Cc2cc(=O)c3cc(C)ccc3[nH]2)CC1. The summed E-state index contributed by atoms with van der Waals surface area (Å²) < 4.78 is 5.58. The van der Waals surface area contributed by atoms with E-state index in [2.05, 4.69) is 21.7 Å². The first-order valence-corrected chi connectivity index (χ1v) is 9.30. The maximum Gasteiger partial charge on any atom is 0.189 e. The number of aryl methyl sites for hydroxylation is 1. The van der Waals surface area contributed by atoms with Crippen molar-refractivity contribution in [2.24, 2.45) is 0 Å². The Labute approximate surface area is 149 Å². The Balaban J connectivity index is 1.54. The zero-order valence-corrected chi connectivity index (χ0v) is 15.4. The average Bonchev–Trinajstić information content (AvgIpc) is 2.61. The zero-order valence-electron chi connectivity index (χ0n) is 15.4. The molecule has 1 aliphatic rings. The average molecular weight is 343 g/mol. The summed E-state index contributed by atoms with van der Waals surface area (Å²) in [5.41, 5.74) is 3.16. The van der Waals surface area contributed by atoms with E-state index >= 15 is 0 Å². The molecular weight excluding hydrogens is 314 g/mol. The first kappa shape index (κ1) is 18.1. The molecule has 0 radical (unpaired) electrons. The highest BCUT2D eigenvalue weighted by Crippen LogP contribution is 2.12. The largest absolute Gasteiger partial charge is 0.380 e. The number of aromatic amines is 1. The third-order valence-corrected chi connectivity index (χ3v) is 4.80. The number of rotatable bonds is 7. The number of nitrogens with zero attached hydrogens (tertiary/aromatic N) is 2. The summed E-state index contributed by atoms with van der Waals surface area (Å²) >= 11 is 0. The summed E-state index contributed by atoms with van der Waals surface area (Å²) in [7, 11) is 0. The van der Waals surface area contributed by atoms with Gasteiger partial charge in [0.2, 0.25) is 0 Å². The van der Waals surface area contributed by atoms with Crippen LogP contribution in [0.5, 0.6) is 0 Å². The molecule has 25 heavy (non-hydrogen) atoms. The second kappa shape index (κ2) is 8.61. The fraction of sp³-hybridized carbons (Fsp3) is 0.550. The van der Waals surface area contributed by atoms with E-state index in [4.69, 9.17) is 4.74 Å². The van der Waals surface area contributed by atoms with Crippen LogP contribution in [0.25, 0.3) is 10.9 Å². The van der Waals surface area contributed by atoms with Crippen LogP contribution in [0.1, 0.15) is 24.6 Å². The van der Waals surface area contributed by atoms with Crippen LogP contribution < -0.4 is 5.43 Å². The van der Waals surface area contributed by atoms with Crippen molar-refractivity contribution in [2.75, 3.05) is 45.9 Å². The molecule has 0 spiro atoms. The minimum Gasteiger partial charge on any atom is -0.380 e. The molecule has 1 aliphatic heterocycles. The Kier molecular flexibility index (Phi) is 6.24. The van der Waals surface area contributed by atoms with E-state index in [-0.39, 0.29) is 5.43 Å². The topological polar surface area (TPSA) is 48.6 Å². The Morgan fingerprint density at radius 3 is 2.60 bits per heavy atom. The molecule has 5 heteroatoms. The van der Waals surface area contributed by atoms with E-state index in [0.29, 0.717) is 0 Å². The van der Waals surface area contributed by atoms with Gasteiger partial charge in [-0.15, -0.1) is 0 Å². The first-order valence-electron chi connectivity index (χ1n) is 9.30. The van der Waals surface area contributed by atoms with Crippen LogP contribution in [0.4, 0.5) is 0 Å². The van der Waals surface area contributed by atoms with Crippen LogP contribution in [-0.4, -0.2) is 60.7 Å². The molecule has 0 atom stereocenters. The van der Waals surface area contributed by atoms with Crippen molar-refractivity contribution in [2.45, 2.75) is 26.8 Å². The van der Waals surface area contributed by atoms with E-state index in [0.717, 1.165) is 81.1 Å². The predicted molar refractivity (Wildman–Crippen MR) is 102 cm³/mol. The molecule has 136 valence electrons. The van der Waals surface area contributed by atoms with E-state index in [1.807, 2.05) is 25.1 Å². The van der Waals surface area contributed by atoms with Gasteiger partial charge in [-0.3, -0.25) is 14.6 Å². The number of piperazine rings is 1. The Bertz CT molecular complexity index is 748. The lowest BCUT2D eigenvalue weighted by Crippen LogP contribution is -2.47. The quantitative estimate of drug-likeness (QED) is 0.784. The van der Waals surface area contributed by atoms with E-state index < -0.39 is 0 Å². The number of pyridine rings is 1. The van der Waals surface area contributed by atoms with Gasteiger partial charge in [-0.25, -0.2) is 0 Å². The number of H-pyrrole nitrogens is 1. The Morgan fingerprint density at radius 1 is 1.08 bits per heavy atom. The van der Waals surface area contributed by atoms with Crippen molar-refractivity contribution in [3.05, 3.63) is 45.7 Å². The number of fused-ring (bicyclic) bond motifs is 1. The van der Waals surface area contributed by atoms with E-state index in [1.54, 1.807) is 6.07 Å². The molecule has 0 bridgehead atoms. The van der Waals surface area contributed by atoms with E-state index in [9.17, 15) is 4.79 Å². The summed E-state index contributed by atoms with van der Waals surface area (Å²) in [5.74, 6) is 0. The molecule has 1 fully saturated rings. The third-order valence-electron chi connectivity index (χ3n) is 4.80. The van der Waals surface area contributed by atoms with Crippen molar-refractivity contribution in [3.63, 3.8) is 0 Å². The van der Waals surface area contributed by atoms with Crippen molar-refractivity contribution in [1.29, 1.82) is 0 Å². The Hall–Kier alpha value is -1.69. The molecule has 1 N–H and O–H groups in total. The second-order valence-electron chi connectivity index (χ2n) is 6.94. The number of nitrogens with one attached hydrogen (secondary N) is 1. The fourth-order valence-electron chi connectivity index (χ4n) is 3.35. The summed E-state index contributed by atoms with van der Waals surface area (Å²) in [6.07, 6.45) is 1.08. The molecule has 1 aromatic heterocycles. The lowest BCUT2D eigenvalue weighted by atomic mass is 10.1. The highest BCUT2D eigenvalue weighted by atomic mass is 16.5. The van der Waals surface area contributed by atoms with Gasteiger partial charge in [-0.05, 0) is 25.5 Å². The van der Waals surface area contributed by atoms with Gasteiger partial charge in [-0.1, -0.05) is 18.6 Å². The standard InChI is InChI=1S/C20H29N3O2/c1-3-11-25-12-10-22-6-8-23(9-7-22)15-17-14-20(24)18-13-16(2)4-5-19(18)21-17/h4-5,13-14H,3,6-12,15H2,1-2H3,(H,21,24). The van der Waals surface area contributed by atoms with Crippen LogP contribution in [0.15, 0.2) is 29.1 Å². The van der Waals surface area contributed by atoms with Crippen LogP contribution in [0.2, 0.25) is 0 Å². The van der Waals surface area contributed by atoms with Crippen molar-refractivity contribution in [1.82, 2.24) is 14.8 Å². The number of hydrogen-bond donors (Lipinski definition) is 1. The predicted octanol–water partition coefficient (Wildman–Crippen LogP) is 2.38. The second-order valence-corrected chi connectivity index (χ2v) is 6.94. The molecular formula is C20H29N3O2. The van der Waals surface area contributed by atoms with Gasteiger partial charge in [0.1, 0.15) is 0 Å². The minimum atomic E-state index is 0.110. The third kappa shape index (κ3) is 4.91. The van der Waals surface area contributed by atoms with Crippen LogP contribution in [0.3, 0.4) is 0 Å². The molecule has 1 aromatic carbocycles. The van der Waals surface area contributed by atoms with Gasteiger partial charge in [0.05, 0.1) is 6.61 Å². The van der Waals surface area contributed by atoms with Crippen LogP contribution in [-0.2, 0) is 11.3 Å². The molecule has 2 aromatic rings. The normalized spacial score (nSPS) is 16.6. The van der Waals surface area contributed by atoms with Crippen LogP contribution >= 0.6 is 0 Å². The maximum atomic E-state index is 12.4. The van der Waals surface area contributed by atoms with E-state index in [1.165, 1.54) is 0 Å². The molecule has 0 saturated carbocycles. The van der Waals surface area contributed by atoms with Gasteiger partial charge < -0.3 is 9.72 Å². The van der Waals surface area contributed by atoms with Gasteiger partial charge >= 0.3 is 0 Å². The van der Waals surface area contributed by atoms with Crippen LogP contribution in [0, 0.1) is 6.92 Å². The summed E-state index contributed by atoms with van der Waals surface area (Å²) in [6.45, 7) is 11.8. The van der Waals surface area contributed by atoms with Crippen molar-refractivity contribution in [3.8, 4) is 0 Å². The number of benzene rings is 1. The highest BCUT2D eigenvalue weighted by molar-refractivity contribution is 5.79. The van der Waals surface area contributed by atoms with Gasteiger partial charge in [0.15, 0.2) is 5.43 Å². The van der Waals surface area contributed by atoms with Gasteiger partial charge in [-0.2, -0.15) is 0 Å². The summed E-state index contributed by atoms with van der Waals surface area (Å²) in [4.78, 5) is 20.7. The number of ether oxygens (including phenoxy) is 1. The maximum absolute atomic E-state index is 12.4. The number of aromatic nitrogens is 1. The molecule has 1 saturated heterocycles. The molecule has 0 unspecified atom stereocenters. The smallest absolute Gasteiger partial charge is 0.189 e. The van der Waals surface area contributed by atoms with Gasteiger partial charge in [0.25, 0.3) is 0 Å². The lowest BCUT2D eigenvalue weighted by Gasteiger charge is -2.34. The minimum absolute atomic E-state index is 0.110. The lowest BCUT2D eigenvalue weighted by molar-refractivity contribution is 0.0735. The zero-order chi connectivity index (χ0) is 17.6. The first-order chi connectivity index (χ1) is 12.2. The van der Waals surface area contributed by atoms with Crippen molar-refractivity contribution < 1.29 is 4.74 Å². The highest BCUT2D eigenvalue weighted by Gasteiger charge is 2.17. The monoisotopic (exact) mass is 343 g/mol. The molecule has 5 nitrogen and oxygen atoms in total. The van der Waals surface area contributed by atoms with Crippen molar-refractivity contribution >= 4 is 10.9 Å². The fourth-order valence-corrected chi connectivity index (χ4v) is 3.35. The molecule has 3 rings (SSSR count). The Morgan fingerprint density at radius 2 is 1.84 bits per heavy atom.